The van der Waals surface area contributed by atoms with E-state index >= 15 is 0 Å². The second-order valence-electron chi connectivity index (χ2n) is 7.74. The van der Waals surface area contributed by atoms with Gasteiger partial charge in [0.2, 0.25) is 5.91 Å². The highest BCUT2D eigenvalue weighted by molar-refractivity contribution is 6.31. The highest BCUT2D eigenvalue weighted by Crippen LogP contribution is 2.37. The van der Waals surface area contributed by atoms with Gasteiger partial charge in [0.25, 0.3) is 0 Å². The van der Waals surface area contributed by atoms with Crippen molar-refractivity contribution >= 4 is 28.4 Å². The zero-order valence-corrected chi connectivity index (χ0v) is 17.2. The van der Waals surface area contributed by atoms with Crippen molar-refractivity contribution in [3.63, 3.8) is 0 Å². The Kier molecular flexibility index (Phi) is 5.88. The summed E-state index contributed by atoms with van der Waals surface area (Å²) in [4.78, 5) is 11.1. The maximum absolute atomic E-state index is 13.4. The molecule has 2 heterocycles. The van der Waals surface area contributed by atoms with E-state index in [1.54, 1.807) is 19.1 Å². The van der Waals surface area contributed by atoms with E-state index in [1.165, 1.54) is 23.1 Å². The Morgan fingerprint density at radius 3 is 2.83 bits per heavy atom. The summed E-state index contributed by atoms with van der Waals surface area (Å²) in [6, 6.07) is 12.9. The molecule has 0 saturated carbocycles. The minimum atomic E-state index is -0.246. The lowest BCUT2D eigenvalue weighted by molar-refractivity contribution is -0.118. The van der Waals surface area contributed by atoms with Gasteiger partial charge >= 0.3 is 0 Å². The van der Waals surface area contributed by atoms with Gasteiger partial charge in [-0.05, 0) is 73.7 Å². The molecule has 1 aromatic heterocycles. The molecule has 29 heavy (non-hydrogen) atoms. The number of nitrogens with one attached hydrogen (secondary N) is 2. The molecule has 0 radical (unpaired) electrons. The number of amides is 1. The van der Waals surface area contributed by atoms with E-state index in [9.17, 15) is 9.18 Å². The smallest absolute Gasteiger partial charge is 0.216 e. The molecule has 6 heteroatoms. The summed E-state index contributed by atoms with van der Waals surface area (Å²) in [7, 11) is 0. The number of hydrogen-bond acceptors (Lipinski definition) is 2. The van der Waals surface area contributed by atoms with Gasteiger partial charge in [0.1, 0.15) is 5.82 Å². The van der Waals surface area contributed by atoms with E-state index in [0.29, 0.717) is 23.5 Å². The summed E-state index contributed by atoms with van der Waals surface area (Å²) in [5, 5.41) is 8.33. The van der Waals surface area contributed by atoms with Crippen LogP contribution in [0.2, 0.25) is 5.02 Å². The molecular formula is C23H25ClFN3O. The van der Waals surface area contributed by atoms with Crippen LogP contribution in [0.3, 0.4) is 0 Å². The number of halogens is 2. The van der Waals surface area contributed by atoms with Crippen LogP contribution in [0.4, 0.5) is 4.39 Å². The lowest BCUT2D eigenvalue weighted by Crippen LogP contribution is -2.39. The Hall–Kier alpha value is -2.37. The monoisotopic (exact) mass is 413 g/mol. The summed E-state index contributed by atoms with van der Waals surface area (Å²) in [5.74, 6) is 0.185. The first-order valence-electron chi connectivity index (χ1n) is 10.1. The SMILES string of the molecule is CC(=O)NCCC1CC(c2cn(-c3ccc(F)cc3)c3cc(Cl)ccc23)CCN1. The predicted octanol–water partition coefficient (Wildman–Crippen LogP) is 4.78. The zero-order chi connectivity index (χ0) is 20.4. The lowest BCUT2D eigenvalue weighted by atomic mass is 9.85. The van der Waals surface area contributed by atoms with Crippen molar-refractivity contribution in [2.24, 2.45) is 0 Å². The average molecular weight is 414 g/mol. The standard InChI is InChI=1S/C23H25ClFN3O/c1-15(29)26-11-9-19-12-16(8-10-27-19)22-14-28(20-5-3-18(25)4-6-20)23-13-17(24)2-7-21(22)23/h2-7,13-14,16,19,27H,8-12H2,1H3,(H,26,29). The third-order valence-corrected chi connectivity index (χ3v) is 5.94. The van der Waals surface area contributed by atoms with Gasteiger partial charge in [-0.1, -0.05) is 17.7 Å². The van der Waals surface area contributed by atoms with Crippen LogP contribution in [-0.4, -0.2) is 29.6 Å². The molecule has 2 unspecified atom stereocenters. The highest BCUT2D eigenvalue weighted by Gasteiger charge is 2.25. The van der Waals surface area contributed by atoms with Crippen LogP contribution in [0.5, 0.6) is 0 Å². The average Bonchev–Trinajstić information content (AvgIpc) is 3.07. The maximum Gasteiger partial charge on any atom is 0.216 e. The van der Waals surface area contributed by atoms with Crippen molar-refractivity contribution in [1.82, 2.24) is 15.2 Å². The van der Waals surface area contributed by atoms with Crippen LogP contribution in [0.25, 0.3) is 16.6 Å². The third-order valence-electron chi connectivity index (χ3n) is 5.70. The summed E-state index contributed by atoms with van der Waals surface area (Å²) < 4.78 is 15.5. The third kappa shape index (κ3) is 4.46. The number of carbonyl (C=O) groups is 1. The molecule has 4 nitrogen and oxygen atoms in total. The van der Waals surface area contributed by atoms with Gasteiger partial charge in [0.15, 0.2) is 0 Å². The van der Waals surface area contributed by atoms with Gasteiger partial charge in [0, 0.05) is 41.8 Å². The minimum Gasteiger partial charge on any atom is -0.356 e. The molecule has 1 amide bonds. The number of carbonyl (C=O) groups excluding carboxylic acids is 1. The molecule has 0 bridgehead atoms. The topological polar surface area (TPSA) is 46.1 Å². The van der Waals surface area contributed by atoms with Crippen molar-refractivity contribution in [3.8, 4) is 5.69 Å². The first-order valence-corrected chi connectivity index (χ1v) is 10.4. The van der Waals surface area contributed by atoms with Crippen molar-refractivity contribution < 1.29 is 9.18 Å². The maximum atomic E-state index is 13.4. The van der Waals surface area contributed by atoms with Crippen molar-refractivity contribution in [1.29, 1.82) is 0 Å². The van der Waals surface area contributed by atoms with Crippen LogP contribution < -0.4 is 10.6 Å². The van der Waals surface area contributed by atoms with Crippen LogP contribution in [0, 0.1) is 5.82 Å². The van der Waals surface area contributed by atoms with Gasteiger partial charge in [-0.15, -0.1) is 0 Å². The van der Waals surface area contributed by atoms with E-state index in [2.05, 4.69) is 27.5 Å². The molecule has 1 aliphatic heterocycles. The number of benzene rings is 2. The Balaban J connectivity index is 1.65. The quantitative estimate of drug-likeness (QED) is 0.632. The fraction of sp³-hybridized carbons (Fsp3) is 0.348. The molecule has 0 aliphatic carbocycles. The summed E-state index contributed by atoms with van der Waals surface area (Å²) >= 11 is 6.29. The highest BCUT2D eigenvalue weighted by atomic mass is 35.5. The number of rotatable bonds is 5. The molecule has 1 aliphatic rings. The summed E-state index contributed by atoms with van der Waals surface area (Å²) in [5.41, 5.74) is 3.25. The number of nitrogens with zero attached hydrogens (tertiary/aromatic N) is 1. The van der Waals surface area contributed by atoms with Crippen LogP contribution in [0.1, 0.15) is 37.7 Å². The molecule has 4 rings (SSSR count). The Labute approximate surface area is 175 Å². The van der Waals surface area contributed by atoms with Gasteiger partial charge in [-0.3, -0.25) is 4.79 Å². The molecule has 1 saturated heterocycles. The van der Waals surface area contributed by atoms with Gasteiger partial charge < -0.3 is 15.2 Å². The Morgan fingerprint density at radius 2 is 2.07 bits per heavy atom. The van der Waals surface area contributed by atoms with E-state index in [0.717, 1.165) is 37.0 Å². The molecule has 0 spiro atoms. The van der Waals surface area contributed by atoms with Crippen molar-refractivity contribution in [2.75, 3.05) is 13.1 Å². The van der Waals surface area contributed by atoms with Gasteiger partial charge in [-0.25, -0.2) is 4.39 Å². The molecule has 3 aromatic rings. The first kappa shape index (κ1) is 19.9. The number of hydrogen-bond donors (Lipinski definition) is 2. The van der Waals surface area contributed by atoms with E-state index in [1.807, 2.05) is 12.1 Å². The van der Waals surface area contributed by atoms with E-state index in [-0.39, 0.29) is 11.7 Å². The van der Waals surface area contributed by atoms with E-state index < -0.39 is 0 Å². The number of fused-ring (bicyclic) bond motifs is 1. The number of aromatic nitrogens is 1. The molecule has 2 aromatic carbocycles. The lowest BCUT2D eigenvalue weighted by Gasteiger charge is -2.30. The number of piperidine rings is 1. The Bertz CT molecular complexity index is 1010. The normalized spacial score (nSPS) is 19.4. The van der Waals surface area contributed by atoms with Crippen molar-refractivity contribution in [2.45, 2.75) is 38.1 Å². The minimum absolute atomic E-state index is 0.0107. The molecule has 1 fully saturated rings. The van der Waals surface area contributed by atoms with Crippen LogP contribution in [-0.2, 0) is 4.79 Å². The summed E-state index contributed by atoms with van der Waals surface area (Å²) in [6.07, 6.45) is 5.17. The molecular weight excluding hydrogens is 389 g/mol. The largest absolute Gasteiger partial charge is 0.356 e. The molecule has 2 N–H and O–H groups in total. The zero-order valence-electron chi connectivity index (χ0n) is 16.4. The predicted molar refractivity (Wildman–Crippen MR) is 115 cm³/mol. The first-order chi connectivity index (χ1) is 14.0. The van der Waals surface area contributed by atoms with Gasteiger partial charge in [-0.2, -0.15) is 0 Å². The molecule has 2 atom stereocenters. The Morgan fingerprint density at radius 1 is 1.28 bits per heavy atom. The van der Waals surface area contributed by atoms with Crippen LogP contribution >= 0.6 is 11.6 Å². The second kappa shape index (κ2) is 8.56. The fourth-order valence-electron chi connectivity index (χ4n) is 4.30. The van der Waals surface area contributed by atoms with E-state index in [4.69, 9.17) is 11.6 Å². The fourth-order valence-corrected chi connectivity index (χ4v) is 4.46. The summed E-state index contributed by atoms with van der Waals surface area (Å²) in [6.45, 7) is 3.19. The van der Waals surface area contributed by atoms with Crippen molar-refractivity contribution in [3.05, 3.63) is 65.1 Å². The van der Waals surface area contributed by atoms with Crippen LogP contribution in [0.15, 0.2) is 48.7 Å². The van der Waals surface area contributed by atoms with Gasteiger partial charge in [0.05, 0.1) is 5.52 Å². The second-order valence-corrected chi connectivity index (χ2v) is 8.17. The molecule has 152 valence electrons.